The van der Waals surface area contributed by atoms with Crippen molar-refractivity contribution in [2.45, 2.75) is 6.54 Å². The number of rotatable bonds is 5. The number of halogens is 1. The monoisotopic (exact) mass is 384 g/mol. The molecular weight excluding hydrogens is 364 g/mol. The first-order chi connectivity index (χ1) is 13.2. The minimum Gasteiger partial charge on any atom is -0.484 e. The molecule has 0 radical (unpaired) electrons. The van der Waals surface area contributed by atoms with Gasteiger partial charge in [0.05, 0.1) is 11.2 Å². The number of fused-ring (bicyclic) bond motifs is 1. The van der Waals surface area contributed by atoms with Crippen LogP contribution in [0, 0.1) is 0 Å². The Morgan fingerprint density at radius 3 is 2.59 bits per heavy atom. The van der Waals surface area contributed by atoms with Gasteiger partial charge in [0.1, 0.15) is 5.75 Å². The molecule has 0 unspecified atom stereocenters. The summed E-state index contributed by atoms with van der Waals surface area (Å²) in [6.07, 6.45) is 1.95. The summed E-state index contributed by atoms with van der Waals surface area (Å²) in [5.74, 6) is 0.663. The van der Waals surface area contributed by atoms with Gasteiger partial charge in [0.2, 0.25) is 0 Å². The second-order valence-electron chi connectivity index (χ2n) is 6.61. The number of nitrogens with zero attached hydrogens (tertiary/aromatic N) is 4. The van der Waals surface area contributed by atoms with Crippen LogP contribution < -0.4 is 4.74 Å². The number of hydrogen-bond donors (Lipinski definition) is 0. The van der Waals surface area contributed by atoms with Crippen LogP contribution in [-0.2, 0) is 11.3 Å². The molecule has 1 fully saturated rings. The van der Waals surface area contributed by atoms with E-state index in [9.17, 15) is 4.79 Å². The Hall–Kier alpha value is -2.57. The highest BCUT2D eigenvalue weighted by Crippen LogP contribution is 2.16. The molecule has 4 rings (SSSR count). The summed E-state index contributed by atoms with van der Waals surface area (Å²) >= 11 is 5.85. The van der Waals surface area contributed by atoms with Crippen molar-refractivity contribution in [2.75, 3.05) is 32.8 Å². The fourth-order valence-electron chi connectivity index (χ4n) is 3.22. The van der Waals surface area contributed by atoms with Gasteiger partial charge in [0, 0.05) is 43.9 Å². The van der Waals surface area contributed by atoms with E-state index in [2.05, 4.69) is 16.1 Å². The molecule has 0 bridgehead atoms. The molecule has 3 aromatic rings. The molecule has 1 saturated heterocycles. The first kappa shape index (κ1) is 17.8. The van der Waals surface area contributed by atoms with Crippen molar-refractivity contribution in [1.29, 1.82) is 0 Å². The van der Waals surface area contributed by atoms with E-state index in [0.717, 1.165) is 30.8 Å². The van der Waals surface area contributed by atoms with Crippen LogP contribution in [-0.4, -0.2) is 58.1 Å². The van der Waals surface area contributed by atoms with E-state index in [1.807, 2.05) is 33.8 Å². The quantitative estimate of drug-likeness (QED) is 0.678. The number of piperazine rings is 1. The SMILES string of the molecule is O=C(COc1ccc(Cl)cc1)N1CCN(Cc2cc3ccccn3n2)CC1. The van der Waals surface area contributed by atoms with Gasteiger partial charge in [-0.2, -0.15) is 5.10 Å². The van der Waals surface area contributed by atoms with Gasteiger partial charge in [-0.15, -0.1) is 0 Å². The van der Waals surface area contributed by atoms with Crippen molar-refractivity contribution in [3.63, 3.8) is 0 Å². The van der Waals surface area contributed by atoms with Gasteiger partial charge in [-0.3, -0.25) is 9.69 Å². The molecule has 6 nitrogen and oxygen atoms in total. The molecule has 1 aromatic carbocycles. The third-order valence-electron chi connectivity index (χ3n) is 4.71. The van der Waals surface area contributed by atoms with E-state index in [0.29, 0.717) is 23.9 Å². The maximum atomic E-state index is 12.4. The largest absolute Gasteiger partial charge is 0.484 e. The average molecular weight is 385 g/mol. The minimum atomic E-state index is 0.0114. The molecular formula is C20H21ClN4O2. The third kappa shape index (κ3) is 4.40. The van der Waals surface area contributed by atoms with E-state index in [-0.39, 0.29) is 12.5 Å². The normalized spacial score (nSPS) is 15.2. The second kappa shape index (κ2) is 7.98. The highest BCUT2D eigenvalue weighted by Gasteiger charge is 2.22. The zero-order valence-corrected chi connectivity index (χ0v) is 15.7. The summed E-state index contributed by atoms with van der Waals surface area (Å²) in [4.78, 5) is 16.5. The number of aromatic nitrogens is 2. The molecule has 140 valence electrons. The van der Waals surface area contributed by atoms with Crippen molar-refractivity contribution < 1.29 is 9.53 Å². The number of carbonyl (C=O) groups is 1. The number of hydrogen-bond acceptors (Lipinski definition) is 4. The maximum absolute atomic E-state index is 12.4. The van der Waals surface area contributed by atoms with E-state index in [1.165, 1.54) is 0 Å². The molecule has 1 aliphatic rings. The van der Waals surface area contributed by atoms with Crippen LogP contribution in [0.5, 0.6) is 5.75 Å². The number of ether oxygens (including phenoxy) is 1. The van der Waals surface area contributed by atoms with E-state index >= 15 is 0 Å². The van der Waals surface area contributed by atoms with Crippen LogP contribution in [0.1, 0.15) is 5.69 Å². The highest BCUT2D eigenvalue weighted by atomic mass is 35.5. The van der Waals surface area contributed by atoms with Crippen molar-refractivity contribution >= 4 is 23.0 Å². The van der Waals surface area contributed by atoms with Gasteiger partial charge in [0.15, 0.2) is 6.61 Å². The van der Waals surface area contributed by atoms with Gasteiger partial charge in [0.25, 0.3) is 5.91 Å². The average Bonchev–Trinajstić information content (AvgIpc) is 3.10. The lowest BCUT2D eigenvalue weighted by molar-refractivity contribution is -0.135. The minimum absolute atomic E-state index is 0.0114. The molecule has 0 N–H and O–H groups in total. The van der Waals surface area contributed by atoms with Gasteiger partial charge in [-0.05, 0) is 42.5 Å². The van der Waals surface area contributed by atoms with Crippen LogP contribution in [0.25, 0.3) is 5.52 Å². The molecule has 1 aliphatic heterocycles. The van der Waals surface area contributed by atoms with Gasteiger partial charge >= 0.3 is 0 Å². The highest BCUT2D eigenvalue weighted by molar-refractivity contribution is 6.30. The smallest absolute Gasteiger partial charge is 0.260 e. The Bertz CT molecular complexity index is 884. The van der Waals surface area contributed by atoms with Crippen LogP contribution in [0.2, 0.25) is 5.02 Å². The molecule has 1 amide bonds. The fraction of sp³-hybridized carbons (Fsp3) is 0.300. The number of pyridine rings is 1. The Balaban J connectivity index is 1.25. The standard InChI is InChI=1S/C20H21ClN4O2/c21-16-4-6-19(7-5-16)27-15-20(26)24-11-9-23(10-12-24)14-17-13-18-3-1-2-8-25(18)22-17/h1-8,13H,9-12,14-15H2. The van der Waals surface area contributed by atoms with Crippen LogP contribution in [0.15, 0.2) is 54.7 Å². The van der Waals surface area contributed by atoms with Crippen LogP contribution in [0.4, 0.5) is 0 Å². The summed E-state index contributed by atoms with van der Waals surface area (Å²) < 4.78 is 7.45. The molecule has 0 spiro atoms. The first-order valence-corrected chi connectivity index (χ1v) is 9.37. The zero-order chi connectivity index (χ0) is 18.6. The molecule has 0 saturated carbocycles. The van der Waals surface area contributed by atoms with Crippen molar-refractivity contribution in [1.82, 2.24) is 19.4 Å². The zero-order valence-electron chi connectivity index (χ0n) is 14.9. The van der Waals surface area contributed by atoms with E-state index in [4.69, 9.17) is 16.3 Å². The summed E-state index contributed by atoms with van der Waals surface area (Å²) in [5.41, 5.74) is 2.15. The fourth-order valence-corrected chi connectivity index (χ4v) is 3.35. The van der Waals surface area contributed by atoms with Crippen molar-refractivity contribution in [3.8, 4) is 5.75 Å². The maximum Gasteiger partial charge on any atom is 0.260 e. The molecule has 0 aliphatic carbocycles. The topological polar surface area (TPSA) is 50.1 Å². The van der Waals surface area contributed by atoms with E-state index < -0.39 is 0 Å². The van der Waals surface area contributed by atoms with Gasteiger partial charge < -0.3 is 9.64 Å². The predicted octanol–water partition coefficient (Wildman–Crippen LogP) is 2.71. The lowest BCUT2D eigenvalue weighted by Gasteiger charge is -2.34. The molecule has 0 atom stereocenters. The third-order valence-corrected chi connectivity index (χ3v) is 4.96. The lowest BCUT2D eigenvalue weighted by atomic mass is 10.2. The summed E-state index contributed by atoms with van der Waals surface area (Å²) in [5, 5.41) is 5.24. The summed E-state index contributed by atoms with van der Waals surface area (Å²) in [7, 11) is 0. The first-order valence-electron chi connectivity index (χ1n) is 8.99. The molecule has 27 heavy (non-hydrogen) atoms. The second-order valence-corrected chi connectivity index (χ2v) is 7.04. The number of amides is 1. The molecule has 3 heterocycles. The number of benzene rings is 1. The van der Waals surface area contributed by atoms with Crippen molar-refractivity contribution in [2.24, 2.45) is 0 Å². The Labute approximate surface area is 162 Å². The van der Waals surface area contributed by atoms with Gasteiger partial charge in [-0.1, -0.05) is 17.7 Å². The van der Waals surface area contributed by atoms with E-state index in [1.54, 1.807) is 24.3 Å². The molecule has 7 heteroatoms. The summed E-state index contributed by atoms with van der Waals surface area (Å²) in [6, 6.07) is 15.2. The Morgan fingerprint density at radius 2 is 1.85 bits per heavy atom. The Kier molecular flexibility index (Phi) is 5.27. The van der Waals surface area contributed by atoms with Crippen LogP contribution >= 0.6 is 11.6 Å². The summed E-state index contributed by atoms with van der Waals surface area (Å²) in [6.45, 7) is 3.92. The number of carbonyl (C=O) groups excluding carboxylic acids is 1. The van der Waals surface area contributed by atoms with Gasteiger partial charge in [-0.25, -0.2) is 4.52 Å². The van der Waals surface area contributed by atoms with Crippen LogP contribution in [0.3, 0.4) is 0 Å². The molecule has 2 aromatic heterocycles. The Morgan fingerprint density at radius 1 is 1.07 bits per heavy atom. The predicted molar refractivity (Wildman–Crippen MR) is 104 cm³/mol. The lowest BCUT2D eigenvalue weighted by Crippen LogP contribution is -2.49. The van der Waals surface area contributed by atoms with Crippen molar-refractivity contribution in [3.05, 3.63) is 65.4 Å².